The summed E-state index contributed by atoms with van der Waals surface area (Å²) in [5.41, 5.74) is 0. The first-order valence-electron chi connectivity index (χ1n) is 6.93. The molecule has 2 rings (SSSR count). The maximum absolute atomic E-state index is 11.7. The van der Waals surface area contributed by atoms with Crippen LogP contribution in [-0.4, -0.2) is 35.7 Å². The molecule has 1 fully saturated rings. The molecule has 0 spiro atoms. The van der Waals surface area contributed by atoms with Gasteiger partial charge in [-0.15, -0.1) is 0 Å². The summed E-state index contributed by atoms with van der Waals surface area (Å²) >= 11 is 0. The Hall–Kier alpha value is -1.65. The molecule has 0 bridgehead atoms. The van der Waals surface area contributed by atoms with Crippen molar-refractivity contribution in [2.45, 2.75) is 32.6 Å². The van der Waals surface area contributed by atoms with Crippen molar-refractivity contribution < 1.29 is 14.4 Å². The summed E-state index contributed by atoms with van der Waals surface area (Å²) in [6.07, 6.45) is 6.14. The molecule has 1 N–H and O–H groups in total. The Labute approximate surface area is 113 Å². The van der Waals surface area contributed by atoms with Crippen molar-refractivity contribution in [2.24, 2.45) is 11.8 Å². The van der Waals surface area contributed by atoms with E-state index in [4.69, 9.17) is 0 Å². The summed E-state index contributed by atoms with van der Waals surface area (Å²) in [5.74, 6) is 0.139. The number of carbonyl (C=O) groups is 3. The minimum atomic E-state index is -0.212. The van der Waals surface area contributed by atoms with Gasteiger partial charge in [-0.05, 0) is 38.5 Å². The van der Waals surface area contributed by atoms with E-state index in [1.165, 1.54) is 17.1 Å². The second kappa shape index (κ2) is 5.99. The highest BCUT2D eigenvalue weighted by Gasteiger charge is 2.30. The number of amides is 3. The van der Waals surface area contributed by atoms with Crippen LogP contribution in [-0.2, 0) is 14.4 Å². The molecule has 1 aliphatic carbocycles. The van der Waals surface area contributed by atoms with Gasteiger partial charge in [0, 0.05) is 31.2 Å². The number of imide groups is 1. The zero-order valence-electron chi connectivity index (χ0n) is 11.2. The predicted molar refractivity (Wildman–Crippen MR) is 70.0 cm³/mol. The summed E-state index contributed by atoms with van der Waals surface area (Å²) < 4.78 is 0. The van der Waals surface area contributed by atoms with Crippen LogP contribution in [0.2, 0.25) is 0 Å². The lowest BCUT2D eigenvalue weighted by atomic mass is 9.81. The van der Waals surface area contributed by atoms with E-state index in [1.807, 2.05) is 6.92 Å². The van der Waals surface area contributed by atoms with E-state index in [1.54, 1.807) is 0 Å². The van der Waals surface area contributed by atoms with E-state index >= 15 is 0 Å². The minimum Gasteiger partial charge on any atom is -0.356 e. The second-order valence-corrected chi connectivity index (χ2v) is 5.23. The SMILES string of the molecule is CCNC(=O)C1CCC(CN2C(=O)C=CC2=O)CC1. The van der Waals surface area contributed by atoms with Crippen molar-refractivity contribution in [1.29, 1.82) is 0 Å². The van der Waals surface area contributed by atoms with E-state index in [-0.39, 0.29) is 23.6 Å². The maximum Gasteiger partial charge on any atom is 0.253 e. The largest absolute Gasteiger partial charge is 0.356 e. The van der Waals surface area contributed by atoms with Crippen LogP contribution in [0, 0.1) is 11.8 Å². The van der Waals surface area contributed by atoms with Gasteiger partial charge in [-0.2, -0.15) is 0 Å². The van der Waals surface area contributed by atoms with Crippen LogP contribution >= 0.6 is 0 Å². The molecule has 0 radical (unpaired) electrons. The van der Waals surface area contributed by atoms with Gasteiger partial charge in [-0.25, -0.2) is 0 Å². The molecule has 3 amide bonds. The smallest absolute Gasteiger partial charge is 0.253 e. The van der Waals surface area contributed by atoms with E-state index in [2.05, 4.69) is 5.32 Å². The van der Waals surface area contributed by atoms with Crippen molar-refractivity contribution in [3.63, 3.8) is 0 Å². The molecule has 2 aliphatic rings. The molecule has 0 saturated heterocycles. The van der Waals surface area contributed by atoms with Crippen molar-refractivity contribution in [3.05, 3.63) is 12.2 Å². The standard InChI is InChI=1S/C14H20N2O3/c1-2-15-14(19)11-5-3-10(4-6-11)9-16-12(17)7-8-13(16)18/h7-8,10-11H,2-6,9H2,1H3,(H,15,19). The van der Waals surface area contributed by atoms with E-state index < -0.39 is 0 Å². The minimum absolute atomic E-state index is 0.0966. The predicted octanol–water partition coefficient (Wildman–Crippen LogP) is 0.854. The van der Waals surface area contributed by atoms with Gasteiger partial charge in [0.15, 0.2) is 0 Å². The average molecular weight is 264 g/mol. The van der Waals surface area contributed by atoms with Gasteiger partial charge in [0.05, 0.1) is 0 Å². The molecule has 1 aliphatic heterocycles. The number of nitrogens with one attached hydrogen (secondary N) is 1. The third-order valence-corrected chi connectivity index (χ3v) is 3.91. The Balaban J connectivity index is 1.79. The first-order chi connectivity index (χ1) is 9.11. The Bertz CT molecular complexity index is 391. The van der Waals surface area contributed by atoms with Crippen LogP contribution < -0.4 is 5.32 Å². The molecule has 104 valence electrons. The second-order valence-electron chi connectivity index (χ2n) is 5.23. The molecule has 0 aromatic carbocycles. The quantitative estimate of drug-likeness (QED) is 0.766. The highest BCUT2D eigenvalue weighted by Crippen LogP contribution is 2.30. The first kappa shape index (κ1) is 13.8. The maximum atomic E-state index is 11.7. The molecule has 1 heterocycles. The van der Waals surface area contributed by atoms with Crippen LogP contribution in [0.4, 0.5) is 0 Å². The van der Waals surface area contributed by atoms with E-state index in [0.717, 1.165) is 25.7 Å². The molecular weight excluding hydrogens is 244 g/mol. The summed E-state index contributed by atoms with van der Waals surface area (Å²) in [6.45, 7) is 3.08. The number of hydrogen-bond donors (Lipinski definition) is 1. The third kappa shape index (κ3) is 3.22. The van der Waals surface area contributed by atoms with Crippen molar-refractivity contribution in [2.75, 3.05) is 13.1 Å². The molecular formula is C14H20N2O3. The molecule has 0 aromatic rings. The number of rotatable bonds is 4. The summed E-state index contributed by atoms with van der Waals surface area (Å²) in [4.78, 5) is 36.0. The van der Waals surface area contributed by atoms with Gasteiger partial charge in [0.2, 0.25) is 5.91 Å². The van der Waals surface area contributed by atoms with Gasteiger partial charge in [-0.3, -0.25) is 19.3 Å². The summed E-state index contributed by atoms with van der Waals surface area (Å²) in [7, 11) is 0. The van der Waals surface area contributed by atoms with Crippen LogP contribution in [0.5, 0.6) is 0 Å². The summed E-state index contributed by atoms with van der Waals surface area (Å²) in [5, 5.41) is 2.85. The molecule has 0 atom stereocenters. The Morgan fingerprint density at radius 1 is 1.21 bits per heavy atom. The normalized spacial score (nSPS) is 26.9. The highest BCUT2D eigenvalue weighted by atomic mass is 16.2. The third-order valence-electron chi connectivity index (χ3n) is 3.91. The van der Waals surface area contributed by atoms with Crippen LogP contribution in [0.15, 0.2) is 12.2 Å². The zero-order valence-corrected chi connectivity index (χ0v) is 11.2. The van der Waals surface area contributed by atoms with Gasteiger partial charge in [0.25, 0.3) is 11.8 Å². The van der Waals surface area contributed by atoms with Crippen molar-refractivity contribution in [1.82, 2.24) is 10.2 Å². The molecule has 1 saturated carbocycles. The van der Waals surface area contributed by atoms with E-state index in [0.29, 0.717) is 19.0 Å². The van der Waals surface area contributed by atoms with Crippen LogP contribution in [0.3, 0.4) is 0 Å². The molecule has 5 heteroatoms. The zero-order chi connectivity index (χ0) is 13.8. The fourth-order valence-electron chi connectivity index (χ4n) is 2.80. The number of nitrogens with zero attached hydrogens (tertiary/aromatic N) is 1. The molecule has 5 nitrogen and oxygen atoms in total. The topological polar surface area (TPSA) is 66.5 Å². The van der Waals surface area contributed by atoms with Crippen molar-refractivity contribution >= 4 is 17.7 Å². The van der Waals surface area contributed by atoms with Gasteiger partial charge in [0.1, 0.15) is 0 Å². The molecule has 0 unspecified atom stereocenters. The number of hydrogen-bond acceptors (Lipinski definition) is 3. The lowest BCUT2D eigenvalue weighted by molar-refractivity contribution is -0.138. The Morgan fingerprint density at radius 3 is 2.32 bits per heavy atom. The monoisotopic (exact) mass is 264 g/mol. The fourth-order valence-corrected chi connectivity index (χ4v) is 2.80. The Kier molecular flexibility index (Phi) is 4.35. The van der Waals surface area contributed by atoms with Gasteiger partial charge >= 0.3 is 0 Å². The average Bonchev–Trinajstić information content (AvgIpc) is 2.72. The lowest BCUT2D eigenvalue weighted by Gasteiger charge is -2.29. The van der Waals surface area contributed by atoms with Crippen molar-refractivity contribution in [3.8, 4) is 0 Å². The lowest BCUT2D eigenvalue weighted by Crippen LogP contribution is -2.38. The van der Waals surface area contributed by atoms with Crippen LogP contribution in [0.25, 0.3) is 0 Å². The number of carbonyl (C=O) groups excluding carboxylic acids is 3. The van der Waals surface area contributed by atoms with Crippen LogP contribution in [0.1, 0.15) is 32.6 Å². The molecule has 19 heavy (non-hydrogen) atoms. The van der Waals surface area contributed by atoms with E-state index in [9.17, 15) is 14.4 Å². The summed E-state index contributed by atoms with van der Waals surface area (Å²) in [6, 6.07) is 0. The fraction of sp³-hybridized carbons (Fsp3) is 0.643. The van der Waals surface area contributed by atoms with Gasteiger partial charge in [-0.1, -0.05) is 0 Å². The van der Waals surface area contributed by atoms with Gasteiger partial charge < -0.3 is 5.32 Å². The first-order valence-corrected chi connectivity index (χ1v) is 6.93. The Morgan fingerprint density at radius 2 is 1.79 bits per heavy atom. The molecule has 0 aromatic heterocycles. The highest BCUT2D eigenvalue weighted by molar-refractivity contribution is 6.12.